The molecular weight excluding hydrogens is 230 g/mol. The van der Waals surface area contributed by atoms with Gasteiger partial charge in [-0.25, -0.2) is 0 Å². The standard InChI is InChI=1S/C14H19NO3/c15-12-3-1-11(2-4-12)13(16)5-7-14(8-6-13)17-9-10-18-14/h1-4,16H,5-10,15H2. The molecule has 3 rings (SSSR count). The molecule has 4 heteroatoms. The van der Waals surface area contributed by atoms with Gasteiger partial charge in [-0.2, -0.15) is 0 Å². The average molecular weight is 249 g/mol. The molecule has 0 amide bonds. The fourth-order valence-corrected chi connectivity index (χ4v) is 2.91. The summed E-state index contributed by atoms with van der Waals surface area (Å²) < 4.78 is 11.4. The highest BCUT2D eigenvalue weighted by Gasteiger charge is 2.46. The van der Waals surface area contributed by atoms with E-state index in [9.17, 15) is 5.11 Å². The summed E-state index contributed by atoms with van der Waals surface area (Å²) in [6.07, 6.45) is 2.82. The lowest BCUT2D eigenvalue weighted by molar-refractivity contribution is -0.204. The van der Waals surface area contributed by atoms with E-state index in [0.717, 1.165) is 24.1 Å². The number of nitrogens with two attached hydrogens (primary N) is 1. The quantitative estimate of drug-likeness (QED) is 0.745. The van der Waals surface area contributed by atoms with Crippen LogP contribution in [0.1, 0.15) is 31.2 Å². The second-order valence-corrected chi connectivity index (χ2v) is 5.26. The van der Waals surface area contributed by atoms with Gasteiger partial charge in [0.15, 0.2) is 5.79 Å². The fraction of sp³-hybridized carbons (Fsp3) is 0.571. The Labute approximate surface area is 107 Å². The molecule has 1 saturated heterocycles. The molecule has 0 unspecified atom stereocenters. The molecule has 1 saturated carbocycles. The Kier molecular flexibility index (Phi) is 2.81. The van der Waals surface area contributed by atoms with Crippen molar-refractivity contribution < 1.29 is 14.6 Å². The number of aliphatic hydroxyl groups is 1. The molecule has 1 spiro atoms. The lowest BCUT2D eigenvalue weighted by Crippen LogP contribution is -2.42. The van der Waals surface area contributed by atoms with E-state index in [0.29, 0.717) is 26.1 Å². The van der Waals surface area contributed by atoms with Gasteiger partial charge in [0.05, 0.1) is 18.8 Å². The average Bonchev–Trinajstić information content (AvgIpc) is 2.83. The number of rotatable bonds is 1. The molecule has 0 aromatic heterocycles. The van der Waals surface area contributed by atoms with Gasteiger partial charge in [-0.1, -0.05) is 12.1 Å². The summed E-state index contributed by atoms with van der Waals surface area (Å²) in [4.78, 5) is 0. The summed E-state index contributed by atoms with van der Waals surface area (Å²) in [5.41, 5.74) is 6.56. The van der Waals surface area contributed by atoms with Crippen LogP contribution in [0.15, 0.2) is 24.3 Å². The van der Waals surface area contributed by atoms with Crippen LogP contribution in [0.3, 0.4) is 0 Å². The van der Waals surface area contributed by atoms with Gasteiger partial charge in [-0.05, 0) is 30.5 Å². The van der Waals surface area contributed by atoms with Crippen LogP contribution < -0.4 is 5.73 Å². The van der Waals surface area contributed by atoms with Gasteiger partial charge in [0.25, 0.3) is 0 Å². The molecule has 1 aromatic carbocycles. The Hall–Kier alpha value is -1.10. The minimum atomic E-state index is -0.770. The minimum Gasteiger partial charge on any atom is -0.399 e. The van der Waals surface area contributed by atoms with E-state index < -0.39 is 11.4 Å². The second-order valence-electron chi connectivity index (χ2n) is 5.26. The molecule has 98 valence electrons. The largest absolute Gasteiger partial charge is 0.399 e. The van der Waals surface area contributed by atoms with E-state index in [1.54, 1.807) is 0 Å². The monoisotopic (exact) mass is 249 g/mol. The second kappa shape index (κ2) is 4.23. The van der Waals surface area contributed by atoms with Crippen molar-refractivity contribution in [1.82, 2.24) is 0 Å². The SMILES string of the molecule is Nc1ccc(C2(O)CCC3(CC2)OCCO3)cc1. The van der Waals surface area contributed by atoms with Gasteiger partial charge in [0.2, 0.25) is 0 Å². The Morgan fingerprint density at radius 1 is 0.944 bits per heavy atom. The van der Waals surface area contributed by atoms with Crippen LogP contribution in [0.4, 0.5) is 5.69 Å². The van der Waals surface area contributed by atoms with E-state index in [1.165, 1.54) is 0 Å². The van der Waals surface area contributed by atoms with E-state index >= 15 is 0 Å². The molecule has 0 bridgehead atoms. The van der Waals surface area contributed by atoms with Gasteiger partial charge in [0, 0.05) is 18.5 Å². The highest BCUT2D eigenvalue weighted by molar-refractivity contribution is 5.41. The smallest absolute Gasteiger partial charge is 0.168 e. The molecule has 0 atom stereocenters. The zero-order chi connectivity index (χ0) is 12.6. The minimum absolute atomic E-state index is 0.431. The van der Waals surface area contributed by atoms with E-state index in [-0.39, 0.29) is 0 Å². The van der Waals surface area contributed by atoms with Crippen LogP contribution in [0, 0.1) is 0 Å². The summed E-state index contributed by atoms with van der Waals surface area (Å²) in [5, 5.41) is 10.7. The highest BCUT2D eigenvalue weighted by atomic mass is 16.7. The van der Waals surface area contributed by atoms with Crippen LogP contribution in [0.2, 0.25) is 0 Å². The van der Waals surface area contributed by atoms with Crippen LogP contribution >= 0.6 is 0 Å². The number of hydrogen-bond donors (Lipinski definition) is 2. The first-order valence-electron chi connectivity index (χ1n) is 6.48. The van der Waals surface area contributed by atoms with Crippen molar-refractivity contribution in [2.24, 2.45) is 0 Å². The van der Waals surface area contributed by atoms with Crippen LogP contribution in [-0.4, -0.2) is 24.1 Å². The van der Waals surface area contributed by atoms with Crippen molar-refractivity contribution in [2.75, 3.05) is 18.9 Å². The van der Waals surface area contributed by atoms with Gasteiger partial charge in [-0.15, -0.1) is 0 Å². The van der Waals surface area contributed by atoms with Gasteiger partial charge < -0.3 is 20.3 Å². The third kappa shape index (κ3) is 2.00. The summed E-state index contributed by atoms with van der Waals surface area (Å²) in [5.74, 6) is -0.431. The van der Waals surface area contributed by atoms with Crippen molar-refractivity contribution in [1.29, 1.82) is 0 Å². The number of nitrogen functional groups attached to an aromatic ring is 1. The van der Waals surface area contributed by atoms with E-state index in [4.69, 9.17) is 15.2 Å². The third-order valence-electron chi connectivity index (χ3n) is 4.10. The zero-order valence-electron chi connectivity index (χ0n) is 10.4. The topological polar surface area (TPSA) is 64.7 Å². The number of hydrogen-bond acceptors (Lipinski definition) is 4. The van der Waals surface area contributed by atoms with Crippen LogP contribution in [-0.2, 0) is 15.1 Å². The van der Waals surface area contributed by atoms with E-state index in [2.05, 4.69) is 0 Å². The maximum Gasteiger partial charge on any atom is 0.168 e. The first-order chi connectivity index (χ1) is 8.62. The first-order valence-corrected chi connectivity index (χ1v) is 6.48. The summed E-state index contributed by atoms with van der Waals surface area (Å²) in [7, 11) is 0. The molecule has 1 aliphatic heterocycles. The van der Waals surface area contributed by atoms with Crippen LogP contribution in [0.5, 0.6) is 0 Å². The normalized spacial score (nSPS) is 25.4. The molecule has 4 nitrogen and oxygen atoms in total. The van der Waals surface area contributed by atoms with Crippen molar-refractivity contribution >= 4 is 5.69 Å². The van der Waals surface area contributed by atoms with E-state index in [1.807, 2.05) is 24.3 Å². The number of ether oxygens (including phenoxy) is 2. The summed E-state index contributed by atoms with van der Waals surface area (Å²) in [6.45, 7) is 1.33. The van der Waals surface area contributed by atoms with Crippen molar-refractivity contribution in [3.63, 3.8) is 0 Å². The van der Waals surface area contributed by atoms with Crippen molar-refractivity contribution in [3.8, 4) is 0 Å². The van der Waals surface area contributed by atoms with Gasteiger partial charge in [0.1, 0.15) is 0 Å². The number of anilines is 1. The Morgan fingerprint density at radius 2 is 1.50 bits per heavy atom. The number of benzene rings is 1. The lowest BCUT2D eigenvalue weighted by Gasteiger charge is -2.40. The molecule has 1 aromatic rings. The lowest BCUT2D eigenvalue weighted by atomic mass is 9.77. The van der Waals surface area contributed by atoms with Crippen molar-refractivity contribution in [3.05, 3.63) is 29.8 Å². The predicted octanol–water partition coefficient (Wildman–Crippen LogP) is 1.77. The van der Waals surface area contributed by atoms with Crippen LogP contribution in [0.25, 0.3) is 0 Å². The predicted molar refractivity (Wildman–Crippen MR) is 67.9 cm³/mol. The Morgan fingerprint density at radius 3 is 2.06 bits per heavy atom. The third-order valence-corrected chi connectivity index (χ3v) is 4.10. The van der Waals surface area contributed by atoms with Crippen molar-refractivity contribution in [2.45, 2.75) is 37.1 Å². The molecule has 1 heterocycles. The Balaban J connectivity index is 1.75. The molecular formula is C14H19NO3. The van der Waals surface area contributed by atoms with Gasteiger partial charge >= 0.3 is 0 Å². The molecule has 18 heavy (non-hydrogen) atoms. The van der Waals surface area contributed by atoms with Gasteiger partial charge in [-0.3, -0.25) is 0 Å². The molecule has 2 fully saturated rings. The highest BCUT2D eigenvalue weighted by Crippen LogP contribution is 2.44. The molecule has 2 aliphatic rings. The molecule has 0 radical (unpaired) electrons. The first kappa shape index (κ1) is 12.0. The maximum absolute atomic E-state index is 10.7. The molecule has 3 N–H and O–H groups in total. The summed E-state index contributed by atoms with van der Waals surface area (Å²) >= 11 is 0. The zero-order valence-corrected chi connectivity index (χ0v) is 10.4. The fourth-order valence-electron chi connectivity index (χ4n) is 2.91. The summed E-state index contributed by atoms with van der Waals surface area (Å²) in [6, 6.07) is 7.48. The maximum atomic E-state index is 10.7. The Bertz CT molecular complexity index is 413. The molecule has 1 aliphatic carbocycles.